The first-order chi connectivity index (χ1) is 15.2. The third-order valence-electron chi connectivity index (χ3n) is 5.39. The summed E-state index contributed by atoms with van der Waals surface area (Å²) in [4.78, 5) is 17.5. The van der Waals surface area contributed by atoms with E-state index in [-0.39, 0.29) is 16.2 Å². The molecule has 0 saturated carbocycles. The molecule has 32 heavy (non-hydrogen) atoms. The molecule has 1 heterocycles. The molecule has 4 aromatic rings. The van der Waals surface area contributed by atoms with Gasteiger partial charge in [0, 0.05) is 5.69 Å². The summed E-state index contributed by atoms with van der Waals surface area (Å²) >= 11 is 0. The molecule has 0 saturated heterocycles. The van der Waals surface area contributed by atoms with E-state index in [1.807, 2.05) is 19.9 Å². The molecule has 0 aliphatic carbocycles. The van der Waals surface area contributed by atoms with Crippen molar-refractivity contribution in [2.24, 2.45) is 0 Å². The lowest BCUT2D eigenvalue weighted by Crippen LogP contribution is -2.22. The van der Waals surface area contributed by atoms with Gasteiger partial charge in [0.25, 0.3) is 15.6 Å². The van der Waals surface area contributed by atoms with Crippen molar-refractivity contribution in [2.75, 3.05) is 11.8 Å². The lowest BCUT2D eigenvalue weighted by atomic mass is 10.1. The molecule has 7 nitrogen and oxygen atoms in total. The zero-order valence-corrected chi connectivity index (χ0v) is 19.0. The zero-order valence-electron chi connectivity index (χ0n) is 18.2. The fourth-order valence-corrected chi connectivity index (χ4v) is 4.86. The lowest BCUT2D eigenvalue weighted by molar-refractivity contribution is 0.402. The Kier molecular flexibility index (Phi) is 5.48. The van der Waals surface area contributed by atoms with Crippen LogP contribution in [0.2, 0.25) is 0 Å². The van der Waals surface area contributed by atoms with E-state index in [0.29, 0.717) is 28.1 Å². The highest BCUT2D eigenvalue weighted by Crippen LogP contribution is 2.29. The van der Waals surface area contributed by atoms with Crippen molar-refractivity contribution in [3.8, 4) is 11.4 Å². The average molecular weight is 450 g/mol. The van der Waals surface area contributed by atoms with Gasteiger partial charge >= 0.3 is 0 Å². The fourth-order valence-electron chi connectivity index (χ4n) is 3.57. The predicted molar refractivity (Wildman–Crippen MR) is 125 cm³/mol. The van der Waals surface area contributed by atoms with Crippen molar-refractivity contribution in [3.05, 3.63) is 88.0 Å². The minimum absolute atomic E-state index is 0.0676. The molecular weight excluding hydrogens is 426 g/mol. The second-order valence-electron chi connectivity index (χ2n) is 7.56. The number of aryl methyl sites for hydroxylation is 3. The second kappa shape index (κ2) is 8.12. The van der Waals surface area contributed by atoms with Gasteiger partial charge in [0.05, 0.1) is 23.7 Å². The van der Waals surface area contributed by atoms with Crippen molar-refractivity contribution in [1.29, 1.82) is 0 Å². The molecule has 164 valence electrons. The Bertz CT molecular complexity index is 1490. The van der Waals surface area contributed by atoms with Crippen LogP contribution in [0.1, 0.15) is 17.0 Å². The molecule has 3 aromatic carbocycles. The highest BCUT2D eigenvalue weighted by atomic mass is 32.2. The van der Waals surface area contributed by atoms with Crippen LogP contribution in [0.25, 0.3) is 16.6 Å². The normalized spacial score (nSPS) is 11.5. The summed E-state index contributed by atoms with van der Waals surface area (Å²) in [5, 5.41) is 0.518. The fraction of sp³-hybridized carbons (Fsp3) is 0.167. The quantitative estimate of drug-likeness (QED) is 0.495. The molecular formula is C24H23N3O4S. The molecule has 0 amide bonds. The van der Waals surface area contributed by atoms with Crippen LogP contribution in [-0.2, 0) is 10.0 Å². The van der Waals surface area contributed by atoms with Crippen molar-refractivity contribution in [1.82, 2.24) is 9.55 Å². The molecule has 0 atom stereocenters. The summed E-state index contributed by atoms with van der Waals surface area (Å²) in [6.45, 7) is 5.50. The van der Waals surface area contributed by atoms with E-state index in [1.54, 1.807) is 61.5 Å². The van der Waals surface area contributed by atoms with Crippen LogP contribution < -0.4 is 15.0 Å². The second-order valence-corrected chi connectivity index (χ2v) is 9.21. The molecule has 0 bridgehead atoms. The number of methoxy groups -OCH3 is 1. The molecule has 0 aliphatic heterocycles. The van der Waals surface area contributed by atoms with Gasteiger partial charge in [0.15, 0.2) is 0 Å². The minimum atomic E-state index is -3.87. The van der Waals surface area contributed by atoms with E-state index >= 15 is 0 Å². The molecule has 8 heteroatoms. The number of fused-ring (bicyclic) bond motifs is 1. The highest BCUT2D eigenvalue weighted by molar-refractivity contribution is 7.92. The lowest BCUT2D eigenvalue weighted by Gasteiger charge is -2.15. The number of nitrogens with one attached hydrogen (secondary N) is 1. The number of hydrogen-bond donors (Lipinski definition) is 1. The predicted octanol–water partition coefficient (Wildman–Crippen LogP) is 4.12. The number of sulfonamides is 1. The Morgan fingerprint density at radius 1 is 0.938 bits per heavy atom. The molecule has 0 aliphatic rings. The van der Waals surface area contributed by atoms with E-state index in [1.165, 1.54) is 11.7 Å². The molecule has 1 aromatic heterocycles. The Balaban J connectivity index is 1.69. The van der Waals surface area contributed by atoms with Crippen LogP contribution in [0.4, 0.5) is 5.69 Å². The SMILES string of the molecule is COc1cc(C)c(C)cc1S(=O)(=O)Nc1ccc(-n2c(C)nc3ccccc3c2=O)cc1. The maximum atomic E-state index is 13.0. The third kappa shape index (κ3) is 3.85. The largest absolute Gasteiger partial charge is 0.495 e. The van der Waals surface area contributed by atoms with Crippen molar-refractivity contribution >= 4 is 26.6 Å². The van der Waals surface area contributed by atoms with Gasteiger partial charge in [-0.2, -0.15) is 0 Å². The number of benzene rings is 3. The number of nitrogens with zero attached hydrogens (tertiary/aromatic N) is 2. The van der Waals surface area contributed by atoms with Crippen LogP contribution >= 0.6 is 0 Å². The van der Waals surface area contributed by atoms with Gasteiger partial charge in [-0.1, -0.05) is 12.1 Å². The van der Waals surface area contributed by atoms with Crippen LogP contribution in [0.3, 0.4) is 0 Å². The van der Waals surface area contributed by atoms with Crippen molar-refractivity contribution in [2.45, 2.75) is 25.7 Å². The maximum Gasteiger partial charge on any atom is 0.265 e. The van der Waals surface area contributed by atoms with Crippen LogP contribution in [-0.4, -0.2) is 25.1 Å². The maximum absolute atomic E-state index is 13.0. The van der Waals surface area contributed by atoms with Crippen molar-refractivity contribution in [3.63, 3.8) is 0 Å². The summed E-state index contributed by atoms with van der Waals surface area (Å²) in [5.41, 5.74) is 3.21. The van der Waals surface area contributed by atoms with E-state index in [2.05, 4.69) is 9.71 Å². The Labute approximate surface area is 186 Å². The van der Waals surface area contributed by atoms with E-state index in [4.69, 9.17) is 4.74 Å². The first kappa shape index (κ1) is 21.6. The van der Waals surface area contributed by atoms with Crippen LogP contribution in [0.15, 0.2) is 70.4 Å². The number of ether oxygens (including phenoxy) is 1. The molecule has 1 N–H and O–H groups in total. The first-order valence-corrected chi connectivity index (χ1v) is 11.5. The average Bonchev–Trinajstić information content (AvgIpc) is 2.76. The third-order valence-corrected chi connectivity index (χ3v) is 6.79. The van der Waals surface area contributed by atoms with E-state index in [0.717, 1.165) is 11.1 Å². The standard InChI is InChI=1S/C24H23N3O4S/c1-15-13-22(31-4)23(14-16(15)2)32(29,30)26-18-9-11-19(12-10-18)27-17(3)25-21-8-6-5-7-20(21)24(27)28/h5-14,26H,1-4H3. The molecule has 0 spiro atoms. The van der Waals surface area contributed by atoms with Gasteiger partial charge in [0.2, 0.25) is 0 Å². The number of anilines is 1. The topological polar surface area (TPSA) is 90.3 Å². The number of para-hydroxylation sites is 1. The van der Waals surface area contributed by atoms with Gasteiger partial charge in [-0.05, 0) is 80.4 Å². The highest BCUT2D eigenvalue weighted by Gasteiger charge is 2.21. The summed E-state index contributed by atoms with van der Waals surface area (Å²) < 4.78 is 35.4. The van der Waals surface area contributed by atoms with E-state index in [9.17, 15) is 13.2 Å². The summed E-state index contributed by atoms with van der Waals surface area (Å²) in [5.74, 6) is 0.823. The monoisotopic (exact) mass is 449 g/mol. The number of aromatic nitrogens is 2. The Hall–Kier alpha value is -3.65. The van der Waals surface area contributed by atoms with Crippen molar-refractivity contribution < 1.29 is 13.2 Å². The smallest absolute Gasteiger partial charge is 0.265 e. The molecule has 0 fully saturated rings. The van der Waals surface area contributed by atoms with Gasteiger partial charge in [-0.3, -0.25) is 14.1 Å². The summed E-state index contributed by atoms with van der Waals surface area (Å²) in [6, 6.07) is 17.0. The van der Waals surface area contributed by atoms with Crippen LogP contribution in [0, 0.1) is 20.8 Å². The Morgan fingerprint density at radius 2 is 1.59 bits per heavy atom. The van der Waals surface area contributed by atoms with Gasteiger partial charge in [0.1, 0.15) is 16.5 Å². The molecule has 4 rings (SSSR count). The van der Waals surface area contributed by atoms with E-state index < -0.39 is 10.0 Å². The molecule has 0 unspecified atom stereocenters. The van der Waals surface area contributed by atoms with Crippen LogP contribution in [0.5, 0.6) is 5.75 Å². The van der Waals surface area contributed by atoms with Gasteiger partial charge in [-0.25, -0.2) is 13.4 Å². The summed E-state index contributed by atoms with van der Waals surface area (Å²) in [6.07, 6.45) is 0. The van der Waals surface area contributed by atoms with Gasteiger partial charge in [-0.15, -0.1) is 0 Å². The number of rotatable bonds is 5. The zero-order chi connectivity index (χ0) is 23.0. The van der Waals surface area contributed by atoms with Gasteiger partial charge < -0.3 is 4.74 Å². The first-order valence-electron chi connectivity index (χ1n) is 9.98. The summed E-state index contributed by atoms with van der Waals surface area (Å²) in [7, 11) is -2.43. The minimum Gasteiger partial charge on any atom is -0.495 e. The number of hydrogen-bond acceptors (Lipinski definition) is 5. The Morgan fingerprint density at radius 3 is 2.28 bits per heavy atom. The molecule has 0 radical (unpaired) electrons.